The number of nitrogens with zero attached hydrogens (tertiary/aromatic N) is 1. The first-order valence-corrected chi connectivity index (χ1v) is 10.9. The van der Waals surface area contributed by atoms with E-state index < -0.39 is 0 Å². The Labute approximate surface area is 168 Å². The molecular weight excluding hydrogens is 349 g/mol. The van der Waals surface area contributed by atoms with E-state index in [4.69, 9.17) is 4.74 Å². The Morgan fingerprint density at radius 2 is 1.71 bits per heavy atom. The molecule has 1 aliphatic heterocycles. The van der Waals surface area contributed by atoms with E-state index >= 15 is 0 Å². The molecule has 0 N–H and O–H groups in total. The molecule has 0 amide bonds. The van der Waals surface area contributed by atoms with Gasteiger partial charge in [0.25, 0.3) is 0 Å². The van der Waals surface area contributed by atoms with Crippen molar-refractivity contribution in [3.63, 3.8) is 0 Å². The second kappa shape index (κ2) is 9.09. The summed E-state index contributed by atoms with van der Waals surface area (Å²) >= 11 is 0. The van der Waals surface area contributed by atoms with Gasteiger partial charge in [0.05, 0.1) is 6.61 Å². The number of hydrogen-bond donors (Lipinski definition) is 0. The van der Waals surface area contributed by atoms with Crippen LogP contribution < -0.4 is 4.74 Å². The van der Waals surface area contributed by atoms with E-state index in [1.165, 1.54) is 43.2 Å². The highest BCUT2D eigenvalue weighted by Crippen LogP contribution is 2.38. The van der Waals surface area contributed by atoms with Crippen LogP contribution >= 0.6 is 0 Å². The fraction of sp³-hybridized carbons (Fsp3) is 0.520. The van der Waals surface area contributed by atoms with Crippen LogP contribution in [0.5, 0.6) is 5.75 Å². The molecule has 2 aromatic carbocycles. The highest BCUT2D eigenvalue weighted by molar-refractivity contribution is 5.36. The van der Waals surface area contributed by atoms with E-state index in [1.807, 2.05) is 12.1 Å². The van der Waals surface area contributed by atoms with Crippen molar-refractivity contribution in [1.29, 1.82) is 0 Å². The summed E-state index contributed by atoms with van der Waals surface area (Å²) in [5, 5.41) is 0. The Bertz CT molecular complexity index is 753. The van der Waals surface area contributed by atoms with E-state index in [2.05, 4.69) is 36.2 Å². The first kappa shape index (κ1) is 19.4. The highest BCUT2D eigenvalue weighted by Gasteiger charge is 2.30. The zero-order valence-electron chi connectivity index (χ0n) is 16.9. The van der Waals surface area contributed by atoms with E-state index in [-0.39, 0.29) is 5.82 Å². The van der Waals surface area contributed by atoms with Gasteiger partial charge in [0.1, 0.15) is 11.6 Å². The monoisotopic (exact) mass is 381 g/mol. The van der Waals surface area contributed by atoms with Crippen molar-refractivity contribution in [2.45, 2.75) is 50.4 Å². The molecule has 2 aromatic rings. The number of likely N-dealkylation sites (tertiary alicyclic amines) is 1. The van der Waals surface area contributed by atoms with E-state index in [0.717, 1.165) is 31.9 Å². The van der Waals surface area contributed by atoms with Crippen molar-refractivity contribution < 1.29 is 9.13 Å². The Hall–Kier alpha value is -1.87. The molecule has 2 unspecified atom stereocenters. The van der Waals surface area contributed by atoms with Gasteiger partial charge in [-0.15, -0.1) is 0 Å². The summed E-state index contributed by atoms with van der Waals surface area (Å²) in [7, 11) is 2.18. The minimum atomic E-state index is -0.161. The Kier molecular flexibility index (Phi) is 6.31. The van der Waals surface area contributed by atoms with Gasteiger partial charge in [-0.25, -0.2) is 4.39 Å². The largest absolute Gasteiger partial charge is 0.493 e. The molecule has 1 saturated heterocycles. The zero-order valence-corrected chi connectivity index (χ0v) is 16.9. The minimum absolute atomic E-state index is 0.161. The maximum absolute atomic E-state index is 13.4. The lowest BCUT2D eigenvalue weighted by atomic mass is 9.81. The molecule has 0 bridgehead atoms. The Morgan fingerprint density at radius 3 is 2.50 bits per heavy atom. The molecule has 2 fully saturated rings. The molecule has 3 heteroatoms. The van der Waals surface area contributed by atoms with Gasteiger partial charge >= 0.3 is 0 Å². The van der Waals surface area contributed by atoms with Crippen LogP contribution in [0, 0.1) is 11.7 Å². The SMILES string of the molecule is CN1CCC(c2ccc(F)cc2)C(COc2ccccc2C2CCCCC2)C1. The minimum Gasteiger partial charge on any atom is -0.493 e. The lowest BCUT2D eigenvalue weighted by molar-refractivity contribution is 0.128. The fourth-order valence-electron chi connectivity index (χ4n) is 5.09. The van der Waals surface area contributed by atoms with Crippen LogP contribution in [0.1, 0.15) is 61.5 Å². The number of ether oxygens (including phenoxy) is 1. The highest BCUT2D eigenvalue weighted by atomic mass is 19.1. The molecule has 0 radical (unpaired) electrons. The predicted molar refractivity (Wildman–Crippen MR) is 113 cm³/mol. The van der Waals surface area contributed by atoms with Gasteiger partial charge in [-0.05, 0) is 74.0 Å². The van der Waals surface area contributed by atoms with Crippen LogP contribution in [-0.4, -0.2) is 31.6 Å². The smallest absolute Gasteiger partial charge is 0.123 e. The molecule has 150 valence electrons. The van der Waals surface area contributed by atoms with Crippen LogP contribution in [0.15, 0.2) is 48.5 Å². The van der Waals surface area contributed by atoms with Crippen LogP contribution in [0.4, 0.5) is 4.39 Å². The van der Waals surface area contributed by atoms with Gasteiger partial charge in [-0.2, -0.15) is 0 Å². The summed E-state index contributed by atoms with van der Waals surface area (Å²) in [5.74, 6) is 2.40. The molecule has 2 nitrogen and oxygen atoms in total. The third-order valence-corrected chi connectivity index (χ3v) is 6.65. The number of halogens is 1. The second-order valence-corrected chi connectivity index (χ2v) is 8.65. The summed E-state index contributed by atoms with van der Waals surface area (Å²) in [6, 6.07) is 15.7. The average Bonchev–Trinajstić information content (AvgIpc) is 2.74. The fourth-order valence-corrected chi connectivity index (χ4v) is 5.09. The van der Waals surface area contributed by atoms with Crippen molar-refractivity contribution in [2.24, 2.45) is 5.92 Å². The van der Waals surface area contributed by atoms with Crippen LogP contribution in [-0.2, 0) is 0 Å². The molecule has 4 rings (SSSR count). The maximum Gasteiger partial charge on any atom is 0.123 e. The van der Waals surface area contributed by atoms with Crippen LogP contribution in [0.3, 0.4) is 0 Å². The molecule has 2 atom stereocenters. The standard InChI is InChI=1S/C25H32FNO/c1-27-16-15-23(20-11-13-22(26)14-12-20)21(17-27)18-28-25-10-6-5-9-24(25)19-7-3-2-4-8-19/h5-6,9-14,19,21,23H,2-4,7-8,15-18H2,1H3. The lowest BCUT2D eigenvalue weighted by Crippen LogP contribution is -2.39. The number of para-hydroxylation sites is 1. The summed E-state index contributed by atoms with van der Waals surface area (Å²) in [4.78, 5) is 2.39. The van der Waals surface area contributed by atoms with Crippen molar-refractivity contribution in [3.8, 4) is 5.75 Å². The predicted octanol–water partition coefficient (Wildman–Crippen LogP) is 5.99. The zero-order chi connectivity index (χ0) is 19.3. The van der Waals surface area contributed by atoms with Crippen molar-refractivity contribution in [1.82, 2.24) is 4.90 Å². The normalized spacial score (nSPS) is 24.2. The summed E-state index contributed by atoms with van der Waals surface area (Å²) in [6.45, 7) is 2.82. The first-order chi connectivity index (χ1) is 13.7. The van der Waals surface area contributed by atoms with Gasteiger partial charge in [0.2, 0.25) is 0 Å². The van der Waals surface area contributed by atoms with Gasteiger partial charge in [-0.3, -0.25) is 0 Å². The Balaban J connectivity index is 1.48. The Morgan fingerprint density at radius 1 is 0.964 bits per heavy atom. The number of rotatable bonds is 5. The average molecular weight is 382 g/mol. The van der Waals surface area contributed by atoms with E-state index in [1.54, 1.807) is 12.1 Å². The van der Waals surface area contributed by atoms with Crippen LogP contribution in [0.2, 0.25) is 0 Å². The maximum atomic E-state index is 13.4. The number of piperidine rings is 1. The second-order valence-electron chi connectivity index (χ2n) is 8.65. The molecule has 2 aliphatic rings. The quantitative estimate of drug-likeness (QED) is 0.631. The molecule has 1 heterocycles. The first-order valence-electron chi connectivity index (χ1n) is 10.9. The van der Waals surface area contributed by atoms with Gasteiger partial charge in [0, 0.05) is 12.5 Å². The third-order valence-electron chi connectivity index (χ3n) is 6.65. The molecule has 1 saturated carbocycles. The topological polar surface area (TPSA) is 12.5 Å². The number of benzene rings is 2. The van der Waals surface area contributed by atoms with Gasteiger partial charge < -0.3 is 9.64 Å². The molecule has 1 aliphatic carbocycles. The van der Waals surface area contributed by atoms with Crippen molar-refractivity contribution >= 4 is 0 Å². The van der Waals surface area contributed by atoms with E-state index in [9.17, 15) is 4.39 Å². The third kappa shape index (κ3) is 4.57. The number of hydrogen-bond acceptors (Lipinski definition) is 2. The molecule has 28 heavy (non-hydrogen) atoms. The molecular formula is C25H32FNO. The molecule has 0 spiro atoms. The van der Waals surface area contributed by atoms with Crippen LogP contribution in [0.25, 0.3) is 0 Å². The van der Waals surface area contributed by atoms with Gasteiger partial charge in [-0.1, -0.05) is 49.6 Å². The summed E-state index contributed by atoms with van der Waals surface area (Å²) in [6.07, 6.45) is 7.70. The summed E-state index contributed by atoms with van der Waals surface area (Å²) in [5.41, 5.74) is 2.63. The van der Waals surface area contributed by atoms with Crippen molar-refractivity contribution in [2.75, 3.05) is 26.7 Å². The summed E-state index contributed by atoms with van der Waals surface area (Å²) < 4.78 is 19.8. The van der Waals surface area contributed by atoms with Crippen molar-refractivity contribution in [3.05, 3.63) is 65.5 Å². The van der Waals surface area contributed by atoms with E-state index in [0.29, 0.717) is 17.8 Å². The lowest BCUT2D eigenvalue weighted by Gasteiger charge is -2.37. The molecule has 0 aromatic heterocycles. The van der Waals surface area contributed by atoms with Gasteiger partial charge in [0.15, 0.2) is 0 Å².